The van der Waals surface area contributed by atoms with Gasteiger partial charge >= 0.3 is 0 Å². The van der Waals surface area contributed by atoms with Crippen molar-refractivity contribution in [2.75, 3.05) is 13.2 Å². The maximum atomic E-state index is 10.0. The fraction of sp³-hybridized carbons (Fsp3) is 0.235. The van der Waals surface area contributed by atoms with Crippen molar-refractivity contribution in [2.24, 2.45) is 12.0 Å². The number of benzene rings is 2. The van der Waals surface area contributed by atoms with E-state index in [4.69, 9.17) is 4.74 Å². The van der Waals surface area contributed by atoms with Crippen LogP contribution in [0.3, 0.4) is 0 Å². The second-order valence-electron chi connectivity index (χ2n) is 5.03. The molecule has 1 atom stereocenters. The molecule has 0 saturated heterocycles. The predicted octanol–water partition coefficient (Wildman–Crippen LogP) is 2.58. The molecule has 2 aromatic carbocycles. The summed E-state index contributed by atoms with van der Waals surface area (Å²) in [5, 5.41) is 10.0. The molecule has 0 radical (unpaired) electrons. The highest BCUT2D eigenvalue weighted by molar-refractivity contribution is 7.16. The lowest BCUT2D eigenvalue weighted by Crippen LogP contribution is -2.23. The topological polar surface area (TPSA) is 46.8 Å². The molecule has 3 aromatic rings. The van der Waals surface area contributed by atoms with Gasteiger partial charge in [-0.05, 0) is 24.3 Å². The van der Waals surface area contributed by atoms with Gasteiger partial charge in [0.1, 0.15) is 18.5 Å². The van der Waals surface area contributed by atoms with E-state index in [0.717, 1.165) is 16.1 Å². The van der Waals surface area contributed by atoms with E-state index in [-0.39, 0.29) is 6.61 Å². The van der Waals surface area contributed by atoms with Crippen LogP contribution in [0.1, 0.15) is 0 Å². The highest BCUT2D eigenvalue weighted by Crippen LogP contribution is 2.15. The van der Waals surface area contributed by atoms with Crippen LogP contribution in [0.25, 0.3) is 10.2 Å². The average Bonchev–Trinajstić information content (AvgIpc) is 2.88. The molecule has 4 nitrogen and oxygen atoms in total. The molecular formula is C17H18N2O2S. The molecule has 1 unspecified atom stereocenters. The van der Waals surface area contributed by atoms with Crippen LogP contribution in [0.4, 0.5) is 0 Å². The van der Waals surface area contributed by atoms with E-state index in [1.165, 1.54) is 4.70 Å². The third-order valence-electron chi connectivity index (χ3n) is 3.34. The normalized spacial score (nSPS) is 13.5. The van der Waals surface area contributed by atoms with E-state index in [0.29, 0.717) is 6.54 Å². The van der Waals surface area contributed by atoms with Gasteiger partial charge in [-0.25, -0.2) is 0 Å². The number of para-hydroxylation sites is 2. The average molecular weight is 314 g/mol. The summed E-state index contributed by atoms with van der Waals surface area (Å²) < 4.78 is 8.77. The summed E-state index contributed by atoms with van der Waals surface area (Å²) in [6.45, 7) is 0.565. The van der Waals surface area contributed by atoms with Gasteiger partial charge in [-0.1, -0.05) is 41.7 Å². The number of thiazole rings is 1. The largest absolute Gasteiger partial charge is 0.491 e. The summed E-state index contributed by atoms with van der Waals surface area (Å²) in [4.78, 5) is 5.41. The minimum Gasteiger partial charge on any atom is -0.491 e. The number of aromatic nitrogens is 1. The molecule has 22 heavy (non-hydrogen) atoms. The van der Waals surface area contributed by atoms with Crippen LogP contribution in [0, 0.1) is 0 Å². The van der Waals surface area contributed by atoms with Crippen LogP contribution in [-0.4, -0.2) is 28.9 Å². The van der Waals surface area contributed by atoms with Gasteiger partial charge in [-0.15, -0.1) is 0 Å². The quantitative estimate of drug-likeness (QED) is 0.787. The maximum Gasteiger partial charge on any atom is 0.185 e. The van der Waals surface area contributed by atoms with E-state index >= 15 is 0 Å². The van der Waals surface area contributed by atoms with E-state index in [2.05, 4.69) is 17.1 Å². The molecule has 1 aromatic heterocycles. The number of rotatable bonds is 5. The first kappa shape index (κ1) is 14.8. The summed E-state index contributed by atoms with van der Waals surface area (Å²) in [5.74, 6) is 0.758. The van der Waals surface area contributed by atoms with Gasteiger partial charge in [0.15, 0.2) is 4.80 Å². The second-order valence-corrected chi connectivity index (χ2v) is 6.04. The lowest BCUT2D eigenvalue weighted by Gasteiger charge is -2.09. The Balaban J connectivity index is 1.66. The molecule has 0 amide bonds. The number of hydrogen-bond acceptors (Lipinski definition) is 4. The molecule has 0 bridgehead atoms. The Labute approximate surface area is 133 Å². The third-order valence-corrected chi connectivity index (χ3v) is 4.49. The molecule has 5 heteroatoms. The van der Waals surface area contributed by atoms with Crippen molar-refractivity contribution in [1.82, 2.24) is 4.57 Å². The van der Waals surface area contributed by atoms with Gasteiger partial charge in [-0.2, -0.15) is 0 Å². The Morgan fingerprint density at radius 2 is 1.86 bits per heavy atom. The Hall–Kier alpha value is -2.11. The Kier molecular flexibility index (Phi) is 4.56. The smallest absolute Gasteiger partial charge is 0.185 e. The highest BCUT2D eigenvalue weighted by atomic mass is 32.1. The number of hydrogen-bond donors (Lipinski definition) is 1. The van der Waals surface area contributed by atoms with Crippen molar-refractivity contribution in [2.45, 2.75) is 6.10 Å². The number of aliphatic hydroxyl groups is 1. The highest BCUT2D eigenvalue weighted by Gasteiger charge is 2.06. The Bertz CT molecular complexity index is 808. The summed E-state index contributed by atoms with van der Waals surface area (Å²) in [7, 11) is 1.99. The van der Waals surface area contributed by atoms with Crippen molar-refractivity contribution in [1.29, 1.82) is 0 Å². The number of aryl methyl sites for hydroxylation is 1. The van der Waals surface area contributed by atoms with Crippen LogP contribution in [-0.2, 0) is 7.05 Å². The second kappa shape index (κ2) is 6.77. The minimum atomic E-state index is -0.620. The standard InChI is InChI=1S/C17H18N2O2S/c1-19-15-9-5-6-10-16(15)22-17(19)18-11-13(20)12-21-14-7-3-2-4-8-14/h2-10,13,20H,11-12H2,1H3. The lowest BCUT2D eigenvalue weighted by molar-refractivity contribution is 0.114. The van der Waals surface area contributed by atoms with Gasteiger partial charge in [0.25, 0.3) is 0 Å². The number of nitrogens with zero attached hydrogens (tertiary/aromatic N) is 2. The van der Waals surface area contributed by atoms with Gasteiger partial charge in [-0.3, -0.25) is 4.99 Å². The molecule has 0 aliphatic rings. The van der Waals surface area contributed by atoms with Crippen molar-refractivity contribution >= 4 is 21.6 Å². The van der Waals surface area contributed by atoms with E-state index in [9.17, 15) is 5.11 Å². The van der Waals surface area contributed by atoms with Crippen molar-refractivity contribution < 1.29 is 9.84 Å². The zero-order valence-corrected chi connectivity index (χ0v) is 13.2. The lowest BCUT2D eigenvalue weighted by atomic mass is 10.3. The summed E-state index contributed by atoms with van der Waals surface area (Å²) in [6.07, 6.45) is -0.620. The van der Waals surface area contributed by atoms with E-state index < -0.39 is 6.10 Å². The van der Waals surface area contributed by atoms with Gasteiger partial charge in [0, 0.05) is 7.05 Å². The minimum absolute atomic E-state index is 0.238. The molecule has 3 rings (SSSR count). The SMILES string of the molecule is Cn1c(=NCC(O)COc2ccccc2)sc2ccccc21. The van der Waals surface area contributed by atoms with Gasteiger partial charge < -0.3 is 14.4 Å². The molecular weight excluding hydrogens is 296 g/mol. The summed E-state index contributed by atoms with van der Waals surface area (Å²) in [6, 6.07) is 17.7. The van der Waals surface area contributed by atoms with Gasteiger partial charge in [0.2, 0.25) is 0 Å². The Morgan fingerprint density at radius 3 is 2.64 bits per heavy atom. The number of aliphatic hydroxyl groups excluding tert-OH is 1. The maximum absolute atomic E-state index is 10.0. The number of fused-ring (bicyclic) bond motifs is 1. The Morgan fingerprint density at radius 1 is 1.14 bits per heavy atom. The van der Waals surface area contributed by atoms with Crippen LogP contribution in [0.2, 0.25) is 0 Å². The molecule has 114 valence electrons. The monoisotopic (exact) mass is 314 g/mol. The van der Waals surface area contributed by atoms with Crippen molar-refractivity contribution in [3.8, 4) is 5.75 Å². The van der Waals surface area contributed by atoms with E-state index in [1.54, 1.807) is 11.3 Å². The molecule has 0 spiro atoms. The first-order chi connectivity index (χ1) is 10.7. The molecule has 1 N–H and O–H groups in total. The van der Waals surface area contributed by atoms with Crippen LogP contribution in [0.15, 0.2) is 59.6 Å². The molecule has 0 aliphatic carbocycles. The molecule has 0 saturated carbocycles. The fourth-order valence-electron chi connectivity index (χ4n) is 2.17. The first-order valence-corrected chi connectivity index (χ1v) is 7.96. The van der Waals surface area contributed by atoms with Crippen molar-refractivity contribution in [3.05, 3.63) is 59.4 Å². The van der Waals surface area contributed by atoms with Crippen LogP contribution >= 0.6 is 11.3 Å². The van der Waals surface area contributed by atoms with Crippen LogP contribution in [0.5, 0.6) is 5.75 Å². The fourth-order valence-corrected chi connectivity index (χ4v) is 3.20. The predicted molar refractivity (Wildman–Crippen MR) is 89.2 cm³/mol. The zero-order valence-electron chi connectivity index (χ0n) is 12.3. The van der Waals surface area contributed by atoms with Crippen molar-refractivity contribution in [3.63, 3.8) is 0 Å². The zero-order chi connectivity index (χ0) is 15.4. The van der Waals surface area contributed by atoms with E-state index in [1.807, 2.05) is 54.1 Å². The summed E-state index contributed by atoms with van der Waals surface area (Å²) >= 11 is 1.62. The molecule has 0 fully saturated rings. The molecule has 0 aliphatic heterocycles. The molecule has 1 heterocycles. The summed E-state index contributed by atoms with van der Waals surface area (Å²) in [5.41, 5.74) is 1.15. The first-order valence-electron chi connectivity index (χ1n) is 7.15. The van der Waals surface area contributed by atoms with Crippen LogP contribution < -0.4 is 9.54 Å². The number of ether oxygens (including phenoxy) is 1. The third kappa shape index (κ3) is 3.37. The van der Waals surface area contributed by atoms with Gasteiger partial charge in [0.05, 0.1) is 16.8 Å².